The third kappa shape index (κ3) is 4.46. The Labute approximate surface area is 129 Å². The molecule has 0 aliphatic carbocycles. The van der Waals surface area contributed by atoms with E-state index in [-0.39, 0.29) is 24.6 Å². The number of aromatic carboxylic acids is 1. The number of carboxylic acid groups (broad SMARTS) is 1. The lowest BCUT2D eigenvalue weighted by Crippen LogP contribution is -2.09. The van der Waals surface area contributed by atoms with Crippen LogP contribution in [0.4, 0.5) is 4.39 Å². The third-order valence-corrected chi connectivity index (χ3v) is 3.26. The lowest BCUT2D eigenvalue weighted by atomic mass is 10.2. The minimum atomic E-state index is -0.985. The van der Waals surface area contributed by atoms with Gasteiger partial charge in [-0.15, -0.1) is 0 Å². The fourth-order valence-electron chi connectivity index (χ4n) is 1.59. The molecule has 0 saturated heterocycles. The Balaban J connectivity index is 1.81. The van der Waals surface area contributed by atoms with Crippen molar-refractivity contribution in [2.45, 2.75) is 0 Å². The molecular formula is C15H12BrFO4. The van der Waals surface area contributed by atoms with Crippen LogP contribution in [0.5, 0.6) is 11.5 Å². The summed E-state index contributed by atoms with van der Waals surface area (Å²) in [6.07, 6.45) is 0. The van der Waals surface area contributed by atoms with Gasteiger partial charge in [-0.2, -0.15) is 0 Å². The number of carboxylic acids is 1. The standard InChI is InChI=1S/C15H12BrFO4/c16-13-6-3-11(17)9-14(13)21-8-7-20-12-4-1-10(2-5-12)15(18)19/h1-6,9H,7-8H2,(H,18,19). The molecule has 21 heavy (non-hydrogen) atoms. The molecule has 0 radical (unpaired) electrons. The maximum Gasteiger partial charge on any atom is 0.335 e. The number of hydrogen-bond acceptors (Lipinski definition) is 3. The molecule has 0 atom stereocenters. The van der Waals surface area contributed by atoms with Gasteiger partial charge in [0.1, 0.15) is 30.5 Å². The van der Waals surface area contributed by atoms with Crippen molar-refractivity contribution < 1.29 is 23.8 Å². The molecule has 0 heterocycles. The van der Waals surface area contributed by atoms with Crippen LogP contribution in [0.3, 0.4) is 0 Å². The highest BCUT2D eigenvalue weighted by Gasteiger charge is 2.04. The van der Waals surface area contributed by atoms with Crippen molar-refractivity contribution in [2.75, 3.05) is 13.2 Å². The number of ether oxygens (including phenoxy) is 2. The highest BCUT2D eigenvalue weighted by molar-refractivity contribution is 9.10. The van der Waals surface area contributed by atoms with Crippen LogP contribution in [0.15, 0.2) is 46.9 Å². The minimum Gasteiger partial charge on any atom is -0.490 e. The predicted molar refractivity (Wildman–Crippen MR) is 78.5 cm³/mol. The molecular weight excluding hydrogens is 343 g/mol. The molecule has 0 saturated carbocycles. The summed E-state index contributed by atoms with van der Waals surface area (Å²) < 4.78 is 24.5. The first-order valence-electron chi connectivity index (χ1n) is 6.10. The van der Waals surface area contributed by atoms with Gasteiger partial charge in [-0.1, -0.05) is 0 Å². The van der Waals surface area contributed by atoms with Crippen LogP contribution in [0.25, 0.3) is 0 Å². The molecule has 0 fully saturated rings. The first-order chi connectivity index (χ1) is 10.1. The second-order valence-electron chi connectivity index (χ2n) is 4.10. The van der Waals surface area contributed by atoms with E-state index in [4.69, 9.17) is 14.6 Å². The van der Waals surface area contributed by atoms with Crippen molar-refractivity contribution in [1.29, 1.82) is 0 Å². The van der Waals surface area contributed by atoms with E-state index >= 15 is 0 Å². The summed E-state index contributed by atoms with van der Waals surface area (Å²) in [6.45, 7) is 0.498. The number of rotatable bonds is 6. The van der Waals surface area contributed by atoms with Gasteiger partial charge in [-0.05, 0) is 52.3 Å². The van der Waals surface area contributed by atoms with Gasteiger partial charge < -0.3 is 14.6 Å². The Bertz CT molecular complexity index is 628. The molecule has 2 aromatic carbocycles. The van der Waals surface area contributed by atoms with Gasteiger partial charge in [0.05, 0.1) is 10.0 Å². The summed E-state index contributed by atoms with van der Waals surface area (Å²) in [5.41, 5.74) is 0.197. The Kier molecular flexibility index (Phi) is 5.16. The molecule has 110 valence electrons. The first-order valence-corrected chi connectivity index (χ1v) is 6.89. The Hall–Kier alpha value is -2.08. The third-order valence-electron chi connectivity index (χ3n) is 2.60. The summed E-state index contributed by atoms with van der Waals surface area (Å²) in [5.74, 6) is -0.416. The summed E-state index contributed by atoms with van der Waals surface area (Å²) >= 11 is 3.26. The SMILES string of the molecule is O=C(O)c1ccc(OCCOc2cc(F)ccc2Br)cc1. The molecule has 0 unspecified atom stereocenters. The van der Waals surface area contributed by atoms with E-state index in [1.807, 2.05) is 0 Å². The van der Waals surface area contributed by atoms with Crippen molar-refractivity contribution in [2.24, 2.45) is 0 Å². The molecule has 0 aromatic heterocycles. The minimum absolute atomic E-state index is 0.197. The molecule has 0 aliphatic heterocycles. The molecule has 6 heteroatoms. The molecule has 4 nitrogen and oxygen atoms in total. The maximum absolute atomic E-state index is 13.0. The van der Waals surface area contributed by atoms with Gasteiger partial charge >= 0.3 is 5.97 Å². The number of benzene rings is 2. The average Bonchev–Trinajstić information content (AvgIpc) is 2.47. The van der Waals surface area contributed by atoms with Crippen LogP contribution < -0.4 is 9.47 Å². The fraction of sp³-hybridized carbons (Fsp3) is 0.133. The normalized spacial score (nSPS) is 10.2. The van der Waals surface area contributed by atoms with Gasteiger partial charge in [-0.3, -0.25) is 0 Å². The zero-order chi connectivity index (χ0) is 15.2. The van der Waals surface area contributed by atoms with E-state index in [0.29, 0.717) is 16.0 Å². The zero-order valence-electron chi connectivity index (χ0n) is 10.9. The largest absolute Gasteiger partial charge is 0.490 e. The molecule has 0 bridgehead atoms. The summed E-state index contributed by atoms with van der Waals surface area (Å²) in [6, 6.07) is 10.2. The highest BCUT2D eigenvalue weighted by atomic mass is 79.9. The van der Waals surface area contributed by atoms with Crippen molar-refractivity contribution in [3.05, 3.63) is 58.3 Å². The number of halogens is 2. The topological polar surface area (TPSA) is 55.8 Å². The Morgan fingerprint density at radius 2 is 1.76 bits per heavy atom. The quantitative estimate of drug-likeness (QED) is 0.802. The van der Waals surface area contributed by atoms with Crippen LogP contribution in [0, 0.1) is 5.82 Å². The van der Waals surface area contributed by atoms with Crippen molar-refractivity contribution in [3.63, 3.8) is 0 Å². The maximum atomic E-state index is 13.0. The fourth-order valence-corrected chi connectivity index (χ4v) is 1.95. The van der Waals surface area contributed by atoms with Gasteiger partial charge in [0, 0.05) is 6.07 Å². The van der Waals surface area contributed by atoms with Gasteiger partial charge in [-0.25, -0.2) is 9.18 Å². The van der Waals surface area contributed by atoms with E-state index in [1.54, 1.807) is 18.2 Å². The predicted octanol–water partition coefficient (Wildman–Crippen LogP) is 3.74. The number of hydrogen-bond donors (Lipinski definition) is 1. The zero-order valence-corrected chi connectivity index (χ0v) is 12.5. The summed E-state index contributed by atoms with van der Waals surface area (Å²) in [4.78, 5) is 10.7. The molecule has 2 rings (SSSR count). The Morgan fingerprint density at radius 3 is 2.43 bits per heavy atom. The molecule has 0 aliphatic rings. The van der Waals surface area contributed by atoms with Gasteiger partial charge in [0.15, 0.2) is 0 Å². The summed E-state index contributed by atoms with van der Waals surface area (Å²) in [7, 11) is 0. The monoisotopic (exact) mass is 354 g/mol. The van der Waals surface area contributed by atoms with Gasteiger partial charge in [0.25, 0.3) is 0 Å². The summed E-state index contributed by atoms with van der Waals surface area (Å²) in [5, 5.41) is 8.77. The smallest absolute Gasteiger partial charge is 0.335 e. The van der Waals surface area contributed by atoms with Crippen LogP contribution in [-0.4, -0.2) is 24.3 Å². The van der Waals surface area contributed by atoms with E-state index in [0.717, 1.165) is 0 Å². The van der Waals surface area contributed by atoms with Crippen LogP contribution in [0.1, 0.15) is 10.4 Å². The second kappa shape index (κ2) is 7.08. The van der Waals surface area contributed by atoms with Crippen molar-refractivity contribution in [1.82, 2.24) is 0 Å². The van der Waals surface area contributed by atoms with Crippen molar-refractivity contribution >= 4 is 21.9 Å². The number of carbonyl (C=O) groups is 1. The lowest BCUT2D eigenvalue weighted by molar-refractivity contribution is 0.0697. The van der Waals surface area contributed by atoms with E-state index in [2.05, 4.69) is 15.9 Å². The molecule has 1 N–H and O–H groups in total. The van der Waals surface area contributed by atoms with Crippen molar-refractivity contribution in [3.8, 4) is 11.5 Å². The van der Waals surface area contributed by atoms with E-state index in [9.17, 15) is 9.18 Å². The van der Waals surface area contributed by atoms with Crippen LogP contribution in [0.2, 0.25) is 0 Å². The van der Waals surface area contributed by atoms with Crippen LogP contribution in [-0.2, 0) is 0 Å². The second-order valence-corrected chi connectivity index (χ2v) is 4.96. The average molecular weight is 355 g/mol. The van der Waals surface area contributed by atoms with Crippen LogP contribution >= 0.6 is 15.9 Å². The Morgan fingerprint density at radius 1 is 1.10 bits per heavy atom. The lowest BCUT2D eigenvalue weighted by Gasteiger charge is -2.10. The van der Waals surface area contributed by atoms with E-state index < -0.39 is 5.97 Å². The highest BCUT2D eigenvalue weighted by Crippen LogP contribution is 2.25. The first kappa shape index (κ1) is 15.3. The molecule has 0 amide bonds. The molecule has 2 aromatic rings. The van der Waals surface area contributed by atoms with E-state index in [1.165, 1.54) is 24.3 Å². The van der Waals surface area contributed by atoms with Gasteiger partial charge in [0.2, 0.25) is 0 Å². The molecule has 0 spiro atoms.